The van der Waals surface area contributed by atoms with Crippen LogP contribution in [0, 0.1) is 0 Å². The van der Waals surface area contributed by atoms with E-state index in [-0.39, 0.29) is 17.9 Å². The maximum absolute atomic E-state index is 12.2. The minimum absolute atomic E-state index is 0.0197. The van der Waals surface area contributed by atoms with Gasteiger partial charge in [0.1, 0.15) is 12.3 Å². The van der Waals surface area contributed by atoms with Crippen molar-refractivity contribution in [3.63, 3.8) is 0 Å². The van der Waals surface area contributed by atoms with Crippen molar-refractivity contribution in [3.05, 3.63) is 29.8 Å². The average Bonchev–Trinajstić information content (AvgIpc) is 2.33. The molecule has 0 aliphatic rings. The fourth-order valence-electron chi connectivity index (χ4n) is 1.56. The molecule has 2 N–H and O–H groups in total. The molecule has 0 aromatic heterocycles. The van der Waals surface area contributed by atoms with Crippen molar-refractivity contribution in [2.75, 3.05) is 33.7 Å². The predicted molar refractivity (Wildman–Crippen MR) is 70.2 cm³/mol. The third kappa shape index (κ3) is 4.97. The van der Waals surface area contributed by atoms with Crippen molar-refractivity contribution in [2.45, 2.75) is 0 Å². The zero-order valence-corrected chi connectivity index (χ0v) is 11.0. The van der Waals surface area contributed by atoms with Crippen LogP contribution in [-0.4, -0.2) is 65.6 Å². The van der Waals surface area contributed by atoms with Crippen molar-refractivity contribution in [3.8, 4) is 5.75 Å². The Morgan fingerprint density at radius 1 is 1.21 bits per heavy atom. The molecule has 6 heteroatoms. The van der Waals surface area contributed by atoms with Crippen molar-refractivity contribution in [1.82, 2.24) is 9.80 Å². The third-order valence-electron chi connectivity index (χ3n) is 2.52. The number of phenols is 1. The molecule has 0 saturated carbocycles. The molecule has 1 aromatic carbocycles. The lowest BCUT2D eigenvalue weighted by Crippen LogP contribution is -2.40. The summed E-state index contributed by atoms with van der Waals surface area (Å²) in [5.41, 5.74) is 0.278. The first-order valence-corrected chi connectivity index (χ1v) is 5.85. The van der Waals surface area contributed by atoms with Crippen molar-refractivity contribution in [2.24, 2.45) is 0 Å². The molecule has 0 radical (unpaired) electrons. The van der Waals surface area contributed by atoms with E-state index < -0.39 is 11.9 Å². The topological polar surface area (TPSA) is 81.1 Å². The summed E-state index contributed by atoms with van der Waals surface area (Å²) in [5.74, 6) is -1.49. The highest BCUT2D eigenvalue weighted by Crippen LogP contribution is 2.13. The molecule has 1 amide bonds. The first kappa shape index (κ1) is 15.0. The molecule has 0 heterocycles. The van der Waals surface area contributed by atoms with E-state index in [0.717, 1.165) is 0 Å². The van der Waals surface area contributed by atoms with E-state index >= 15 is 0 Å². The van der Waals surface area contributed by atoms with Crippen LogP contribution in [0.4, 0.5) is 0 Å². The van der Waals surface area contributed by atoms with Crippen molar-refractivity contribution in [1.29, 1.82) is 0 Å². The summed E-state index contributed by atoms with van der Waals surface area (Å²) in [6.07, 6.45) is 0. The predicted octanol–water partition coefficient (Wildman–Crippen LogP) is 0.481. The van der Waals surface area contributed by atoms with Gasteiger partial charge in [0.2, 0.25) is 0 Å². The summed E-state index contributed by atoms with van der Waals surface area (Å²) in [5, 5.41) is 18.2. The van der Waals surface area contributed by atoms with Gasteiger partial charge in [0.15, 0.2) is 0 Å². The maximum Gasteiger partial charge on any atom is 0.323 e. The molecule has 19 heavy (non-hydrogen) atoms. The Bertz CT molecular complexity index is 460. The average molecular weight is 266 g/mol. The molecule has 6 nitrogen and oxygen atoms in total. The van der Waals surface area contributed by atoms with Gasteiger partial charge in [0, 0.05) is 18.7 Å². The Balaban J connectivity index is 2.83. The van der Waals surface area contributed by atoms with Crippen LogP contribution in [0.25, 0.3) is 0 Å². The van der Waals surface area contributed by atoms with Crippen LogP contribution in [0.15, 0.2) is 24.3 Å². The molecule has 0 spiro atoms. The molecule has 0 saturated heterocycles. The maximum atomic E-state index is 12.2. The van der Waals surface area contributed by atoms with Crippen LogP contribution in [0.2, 0.25) is 0 Å². The van der Waals surface area contributed by atoms with E-state index in [1.54, 1.807) is 12.1 Å². The van der Waals surface area contributed by atoms with E-state index in [2.05, 4.69) is 0 Å². The Kier molecular flexibility index (Phi) is 5.32. The number of aliphatic carboxylic acids is 1. The van der Waals surface area contributed by atoms with Crippen molar-refractivity contribution >= 4 is 11.9 Å². The van der Waals surface area contributed by atoms with E-state index in [0.29, 0.717) is 13.1 Å². The number of rotatable bonds is 6. The second-order valence-corrected chi connectivity index (χ2v) is 4.47. The van der Waals surface area contributed by atoms with Crippen LogP contribution in [0.1, 0.15) is 10.4 Å². The van der Waals surface area contributed by atoms with E-state index in [9.17, 15) is 14.7 Å². The number of carbonyl (C=O) groups is 2. The summed E-state index contributed by atoms with van der Waals surface area (Å²) in [7, 11) is 3.69. The molecule has 1 rings (SSSR count). The highest BCUT2D eigenvalue weighted by atomic mass is 16.4. The number of phenolic OH excluding ortho intramolecular Hbond substituents is 1. The molecule has 0 aliphatic carbocycles. The number of carbonyl (C=O) groups excluding carboxylic acids is 1. The number of aromatic hydroxyl groups is 1. The Labute approximate surface area is 111 Å². The first-order valence-electron chi connectivity index (χ1n) is 5.85. The van der Waals surface area contributed by atoms with Gasteiger partial charge >= 0.3 is 5.97 Å². The Morgan fingerprint density at radius 2 is 1.89 bits per heavy atom. The number of likely N-dealkylation sites (N-methyl/N-ethyl adjacent to an activating group) is 1. The number of nitrogens with zero attached hydrogens (tertiary/aromatic N) is 2. The molecular weight excluding hydrogens is 248 g/mol. The second-order valence-electron chi connectivity index (χ2n) is 4.47. The number of benzene rings is 1. The molecule has 0 bridgehead atoms. The number of hydrogen-bond donors (Lipinski definition) is 2. The largest absolute Gasteiger partial charge is 0.508 e. The van der Waals surface area contributed by atoms with Crippen molar-refractivity contribution < 1.29 is 19.8 Å². The van der Waals surface area contributed by atoms with Crippen LogP contribution in [0.5, 0.6) is 5.75 Å². The first-order chi connectivity index (χ1) is 8.90. The van der Waals surface area contributed by atoms with Crippen LogP contribution < -0.4 is 0 Å². The fraction of sp³-hybridized carbons (Fsp3) is 0.385. The number of amides is 1. The fourth-order valence-corrected chi connectivity index (χ4v) is 1.56. The minimum atomic E-state index is -1.06. The molecule has 0 atom stereocenters. The molecule has 0 aliphatic heterocycles. The summed E-state index contributed by atoms with van der Waals surface area (Å²) < 4.78 is 0. The molecular formula is C13H18N2O4. The summed E-state index contributed by atoms with van der Waals surface area (Å²) in [6.45, 7) is 0.522. The highest BCUT2D eigenvalue weighted by molar-refractivity contribution is 5.96. The van der Waals surface area contributed by atoms with Gasteiger partial charge < -0.3 is 20.0 Å². The van der Waals surface area contributed by atoms with Crippen LogP contribution in [-0.2, 0) is 4.79 Å². The summed E-state index contributed by atoms with van der Waals surface area (Å²) >= 11 is 0. The van der Waals surface area contributed by atoms with Crippen LogP contribution in [0.3, 0.4) is 0 Å². The van der Waals surface area contributed by atoms with Gasteiger partial charge in [0.25, 0.3) is 5.91 Å². The van der Waals surface area contributed by atoms with Crippen LogP contribution >= 0.6 is 0 Å². The summed E-state index contributed by atoms with van der Waals surface area (Å²) in [4.78, 5) is 26.1. The Hall–Kier alpha value is -2.08. The number of carboxylic acids is 1. The van der Waals surface area contributed by atoms with E-state index in [4.69, 9.17) is 5.11 Å². The number of hydrogen-bond acceptors (Lipinski definition) is 4. The van der Waals surface area contributed by atoms with E-state index in [1.807, 2.05) is 19.0 Å². The zero-order chi connectivity index (χ0) is 14.4. The quantitative estimate of drug-likeness (QED) is 0.782. The lowest BCUT2D eigenvalue weighted by molar-refractivity contribution is -0.137. The molecule has 1 aromatic rings. The normalized spacial score (nSPS) is 10.5. The Morgan fingerprint density at radius 3 is 2.42 bits per heavy atom. The SMILES string of the molecule is CN(C)CCN(CC(=O)O)C(=O)c1cccc(O)c1. The lowest BCUT2D eigenvalue weighted by atomic mass is 10.2. The molecule has 0 unspecified atom stereocenters. The number of carboxylic acid groups (broad SMARTS) is 1. The van der Waals surface area contributed by atoms with Gasteiger partial charge in [-0.1, -0.05) is 6.07 Å². The van der Waals surface area contributed by atoms with Gasteiger partial charge in [-0.15, -0.1) is 0 Å². The zero-order valence-electron chi connectivity index (χ0n) is 11.0. The lowest BCUT2D eigenvalue weighted by Gasteiger charge is -2.22. The van der Waals surface area contributed by atoms with Gasteiger partial charge in [-0.25, -0.2) is 0 Å². The van der Waals surface area contributed by atoms with Gasteiger partial charge in [-0.2, -0.15) is 0 Å². The van der Waals surface area contributed by atoms with Gasteiger partial charge in [0.05, 0.1) is 0 Å². The minimum Gasteiger partial charge on any atom is -0.508 e. The smallest absolute Gasteiger partial charge is 0.323 e. The second kappa shape index (κ2) is 6.75. The van der Waals surface area contributed by atoms with E-state index in [1.165, 1.54) is 17.0 Å². The molecule has 0 fully saturated rings. The van der Waals surface area contributed by atoms with Gasteiger partial charge in [-0.3, -0.25) is 9.59 Å². The monoisotopic (exact) mass is 266 g/mol. The summed E-state index contributed by atoms with van der Waals surface area (Å²) in [6, 6.07) is 5.88. The molecule has 104 valence electrons. The standard InChI is InChI=1S/C13H18N2O4/c1-14(2)6-7-15(9-12(17)18)13(19)10-4-3-5-11(16)8-10/h3-5,8,16H,6-7,9H2,1-2H3,(H,17,18). The van der Waals surface area contributed by atoms with Gasteiger partial charge in [-0.05, 0) is 32.3 Å². The highest BCUT2D eigenvalue weighted by Gasteiger charge is 2.18. The third-order valence-corrected chi connectivity index (χ3v) is 2.52.